The summed E-state index contributed by atoms with van der Waals surface area (Å²) in [5.74, 6) is 0. The summed E-state index contributed by atoms with van der Waals surface area (Å²) in [6, 6.07) is 0. The summed E-state index contributed by atoms with van der Waals surface area (Å²) >= 11 is 6.62. The summed E-state index contributed by atoms with van der Waals surface area (Å²) in [5, 5.41) is 0. The monoisotopic (exact) mass is 244 g/mol. The summed E-state index contributed by atoms with van der Waals surface area (Å²) < 4.78 is 23.9. The zero-order valence-corrected chi connectivity index (χ0v) is 5.46. The first-order valence-electron chi connectivity index (χ1n) is 0.419. The van der Waals surface area contributed by atoms with Crippen molar-refractivity contribution in [2.24, 2.45) is 0 Å². The van der Waals surface area contributed by atoms with Gasteiger partial charge in [0, 0.05) is 0 Å². The molecule has 0 N–H and O–H groups in total. The quantitative estimate of drug-likeness (QED) is 0.450. The maximum atomic E-state index is 8.06. The molecule has 0 fully saturated rings. The molecule has 0 aromatic carbocycles. The molecule has 0 aliphatic carbocycles. The molecule has 0 saturated heterocycles. The second-order valence-electron chi connectivity index (χ2n) is 0. The number of rotatable bonds is 0. The summed E-state index contributed by atoms with van der Waals surface area (Å²) in [4.78, 5) is 0. The molecule has 0 amide bonds. The first-order chi connectivity index (χ1) is 3.00. The van der Waals surface area contributed by atoms with E-state index < -0.39 is 0 Å². The van der Waals surface area contributed by atoms with Crippen LogP contribution in [-0.2, 0) is 58.6 Å². The standard InChI is InChI=1S/Co.3Li.Mn.Ni.3O.3H. The minimum atomic E-state index is 0. The Kier molecular flexibility index (Phi) is 629. The molecule has 0 unspecified atom stereocenters. The fourth-order valence-electron chi connectivity index (χ4n) is 0. The van der Waals surface area contributed by atoms with Gasteiger partial charge in [-0.25, -0.2) is 0 Å². The Morgan fingerprint density at radius 1 is 0.889 bits per heavy atom. The Morgan fingerprint density at radius 3 is 0.889 bits per heavy atom. The normalized spacial score (nSPS) is 1.67. The topological polar surface area (TPSA) is 51.2 Å². The van der Waals surface area contributed by atoms with E-state index in [1.807, 2.05) is 0 Å². The second kappa shape index (κ2) is 137. The van der Waals surface area contributed by atoms with E-state index >= 15 is 0 Å². The average molecular weight is 244 g/mol. The summed E-state index contributed by atoms with van der Waals surface area (Å²) in [6.07, 6.45) is 0. The van der Waals surface area contributed by atoms with Crippen molar-refractivity contribution in [3.63, 3.8) is 0 Å². The van der Waals surface area contributed by atoms with Gasteiger partial charge in [0.05, 0.1) is 0 Å². The van der Waals surface area contributed by atoms with Crippen LogP contribution >= 0.6 is 0 Å². The molecule has 0 saturated carbocycles. The van der Waals surface area contributed by atoms with E-state index in [9.17, 15) is 0 Å². The van der Waals surface area contributed by atoms with Crippen molar-refractivity contribution >= 4 is 56.6 Å². The number of hydrogen-bond acceptors (Lipinski definition) is 3. The van der Waals surface area contributed by atoms with Crippen LogP contribution in [-0.4, -0.2) is 56.6 Å². The Hall–Kier alpha value is 2.71. The van der Waals surface area contributed by atoms with E-state index in [0.717, 1.165) is 0 Å². The molecule has 0 aromatic rings. The van der Waals surface area contributed by atoms with Crippen molar-refractivity contribution in [1.82, 2.24) is 0 Å². The van der Waals surface area contributed by atoms with Gasteiger partial charge >= 0.3 is 115 Å². The zero-order valence-electron chi connectivity index (χ0n) is 2.25. The molecule has 0 rings (SSSR count). The van der Waals surface area contributed by atoms with Crippen LogP contribution in [0, 0.1) is 0 Å². The molecule has 0 radical (unpaired) electrons. The Labute approximate surface area is 113 Å². The molecule has 3 nitrogen and oxygen atoms in total. The fraction of sp³-hybridized carbons (Fsp3) is 0. The second-order valence-corrected chi connectivity index (χ2v) is 0. The molecule has 9 heteroatoms. The van der Waals surface area contributed by atoms with Gasteiger partial charge in [0.2, 0.25) is 0 Å². The van der Waals surface area contributed by atoms with Crippen LogP contribution in [0.5, 0.6) is 0 Å². The van der Waals surface area contributed by atoms with E-state index in [2.05, 4.69) is 31.1 Å². The van der Waals surface area contributed by atoms with Gasteiger partial charge in [-0.2, -0.15) is 0 Å². The number of hydrogen-bond donors (Lipinski definition) is 0. The Balaban J connectivity index is -0.00000000321. The molecule has 50 valence electrons. The van der Waals surface area contributed by atoms with Crippen LogP contribution in [0.3, 0.4) is 0 Å². The van der Waals surface area contributed by atoms with Crippen LogP contribution in [0.25, 0.3) is 0 Å². The molecule has 0 aliphatic heterocycles. The van der Waals surface area contributed by atoms with Gasteiger partial charge in [-0.3, -0.25) is 0 Å². The summed E-state index contributed by atoms with van der Waals surface area (Å²) in [5.41, 5.74) is 0. The molecule has 0 heterocycles. The third kappa shape index (κ3) is 111. The Bertz CT molecular complexity index is 23.8. The summed E-state index contributed by atoms with van der Waals surface area (Å²) in [7, 11) is 0. The van der Waals surface area contributed by atoms with Crippen molar-refractivity contribution in [2.75, 3.05) is 0 Å². The van der Waals surface area contributed by atoms with Crippen molar-refractivity contribution < 1.29 is 58.6 Å². The first kappa shape index (κ1) is 41.2. The third-order valence-corrected chi connectivity index (χ3v) is 0. The van der Waals surface area contributed by atoms with Gasteiger partial charge in [-0.15, -0.1) is 0 Å². The van der Waals surface area contributed by atoms with Gasteiger partial charge in [0.1, 0.15) is 0 Å². The van der Waals surface area contributed by atoms with Crippen LogP contribution in [0.1, 0.15) is 0 Å². The maximum absolute atomic E-state index is 8.06. The van der Waals surface area contributed by atoms with Gasteiger partial charge in [0.25, 0.3) is 0 Å². The molecule has 0 spiro atoms. The third-order valence-electron chi connectivity index (χ3n) is 0. The predicted molar refractivity (Wildman–Crippen MR) is 23.5 cm³/mol. The molecule has 9 heavy (non-hydrogen) atoms. The van der Waals surface area contributed by atoms with Gasteiger partial charge in [-0.1, -0.05) is 0 Å². The fourth-order valence-corrected chi connectivity index (χ4v) is 0. The first-order valence-corrected chi connectivity index (χ1v) is 1.73. The van der Waals surface area contributed by atoms with Crippen LogP contribution in [0.2, 0.25) is 0 Å². The van der Waals surface area contributed by atoms with Gasteiger partial charge in [0.15, 0.2) is 0 Å². The van der Waals surface area contributed by atoms with Crippen molar-refractivity contribution in [3.8, 4) is 0 Å². The molecule has 0 aromatic heterocycles. The van der Waals surface area contributed by atoms with Crippen LogP contribution in [0.4, 0.5) is 0 Å². The zero-order chi connectivity index (χ0) is 6.00. The van der Waals surface area contributed by atoms with Gasteiger partial charge < -0.3 is 0 Å². The molecule has 0 bridgehead atoms. The van der Waals surface area contributed by atoms with Crippen molar-refractivity contribution in [1.29, 1.82) is 0 Å². The van der Waals surface area contributed by atoms with E-state index in [-0.39, 0.29) is 56.6 Å². The van der Waals surface area contributed by atoms with E-state index in [1.165, 1.54) is 0 Å². The predicted octanol–water partition coefficient (Wildman–Crippen LogP) is -2.31. The molecular formula is H3CoLi3MnNiO3. The Morgan fingerprint density at radius 2 is 0.889 bits per heavy atom. The van der Waals surface area contributed by atoms with E-state index in [0.29, 0.717) is 0 Å². The van der Waals surface area contributed by atoms with E-state index in [1.54, 1.807) is 15.9 Å². The molecular weight excluding hydrogens is 241 g/mol. The van der Waals surface area contributed by atoms with Gasteiger partial charge in [-0.05, 0) is 0 Å². The van der Waals surface area contributed by atoms with Crippen LogP contribution in [0.15, 0.2) is 0 Å². The van der Waals surface area contributed by atoms with E-state index in [4.69, 9.17) is 11.6 Å². The minimum absolute atomic E-state index is 0. The van der Waals surface area contributed by atoms with Crippen molar-refractivity contribution in [2.45, 2.75) is 0 Å². The van der Waals surface area contributed by atoms with Crippen molar-refractivity contribution in [3.05, 3.63) is 0 Å². The summed E-state index contributed by atoms with van der Waals surface area (Å²) in [6.45, 7) is 0. The SMILES string of the molecule is [LiH].[LiH].[LiH].[O]=[Co].[O]=[Mn].[O]=[Ni]. The average Bonchev–Trinajstić information content (AvgIpc) is 1.81. The molecule has 0 aliphatic rings. The van der Waals surface area contributed by atoms with Crippen LogP contribution < -0.4 is 0 Å². The molecule has 0 atom stereocenters.